The fraction of sp³-hybridized carbons (Fsp3) is 0.0526. The number of benzene rings is 6. The maximum Gasteiger partial charge on any atom is 0.147 e. The van der Waals surface area contributed by atoms with Gasteiger partial charge in [0.25, 0.3) is 0 Å². The van der Waals surface area contributed by atoms with Gasteiger partial charge in [0.15, 0.2) is 0 Å². The molecule has 2 aliphatic rings. The lowest BCUT2D eigenvalue weighted by atomic mass is 9.77. The lowest BCUT2D eigenvalue weighted by Gasteiger charge is -2.36. The minimum atomic E-state index is -1.35. The number of aliphatic hydroxyl groups is 2. The third kappa shape index (κ3) is 3.50. The SMILES string of the molecule is OC1(c2ccc(-c3ccc(C4(O)c5ccccc5Oc5ccccc54)cc3)cc2)c2ccccc2Oc2ccccc21. The highest BCUT2D eigenvalue weighted by atomic mass is 16.5. The summed E-state index contributed by atoms with van der Waals surface area (Å²) in [5, 5.41) is 24.5. The van der Waals surface area contributed by atoms with E-state index in [1.807, 2.05) is 146 Å². The fourth-order valence-electron chi connectivity index (χ4n) is 6.38. The Morgan fingerprint density at radius 1 is 0.333 bits per heavy atom. The lowest BCUT2D eigenvalue weighted by molar-refractivity contribution is 0.112. The molecule has 0 radical (unpaired) electrons. The van der Waals surface area contributed by atoms with Crippen LogP contribution in [0, 0.1) is 0 Å². The number of hydrogen-bond donors (Lipinski definition) is 2. The van der Waals surface area contributed by atoms with Crippen LogP contribution in [0.4, 0.5) is 0 Å². The van der Waals surface area contributed by atoms with Gasteiger partial charge in [-0.2, -0.15) is 0 Å². The molecule has 0 spiro atoms. The van der Waals surface area contributed by atoms with Gasteiger partial charge >= 0.3 is 0 Å². The van der Waals surface area contributed by atoms with Crippen LogP contribution in [0.3, 0.4) is 0 Å². The summed E-state index contributed by atoms with van der Waals surface area (Å²) in [5.74, 6) is 2.58. The summed E-state index contributed by atoms with van der Waals surface area (Å²) in [7, 11) is 0. The van der Waals surface area contributed by atoms with Gasteiger partial charge in [0.1, 0.15) is 34.2 Å². The number of rotatable bonds is 3. The van der Waals surface area contributed by atoms with Crippen LogP contribution in [-0.2, 0) is 11.2 Å². The van der Waals surface area contributed by atoms with E-state index in [-0.39, 0.29) is 0 Å². The molecule has 2 N–H and O–H groups in total. The van der Waals surface area contributed by atoms with Gasteiger partial charge in [-0.25, -0.2) is 0 Å². The van der Waals surface area contributed by atoms with Crippen LogP contribution >= 0.6 is 0 Å². The molecule has 0 saturated heterocycles. The van der Waals surface area contributed by atoms with Crippen LogP contribution < -0.4 is 9.47 Å². The molecule has 0 saturated carbocycles. The molecule has 6 aromatic rings. The van der Waals surface area contributed by atoms with Crippen LogP contribution in [0.15, 0.2) is 146 Å². The first kappa shape index (κ1) is 24.6. The van der Waals surface area contributed by atoms with Crippen molar-refractivity contribution in [3.63, 3.8) is 0 Å². The molecule has 42 heavy (non-hydrogen) atoms. The van der Waals surface area contributed by atoms with Gasteiger partial charge in [0, 0.05) is 22.3 Å². The first-order chi connectivity index (χ1) is 20.6. The van der Waals surface area contributed by atoms with Gasteiger partial charge in [0.05, 0.1) is 0 Å². The maximum atomic E-state index is 12.3. The standard InChI is InChI=1S/C38H26O4/c39-37(29-9-1-5-13-33(29)41-34-14-6-2-10-30(34)37)27-21-17-25(18-22-27)26-19-23-28(24-20-26)38(40)31-11-3-7-15-35(31)42-36-16-8-4-12-32(36)38/h1-24,39-40H. The van der Waals surface area contributed by atoms with Crippen molar-refractivity contribution in [2.75, 3.05) is 0 Å². The minimum Gasteiger partial charge on any atom is -0.457 e. The quantitative estimate of drug-likeness (QED) is 0.235. The van der Waals surface area contributed by atoms with Gasteiger partial charge in [-0.3, -0.25) is 0 Å². The van der Waals surface area contributed by atoms with Crippen LogP contribution in [0.1, 0.15) is 33.4 Å². The Kier molecular flexibility index (Phi) is 5.38. The number of ether oxygens (including phenoxy) is 2. The highest BCUT2D eigenvalue weighted by Gasteiger charge is 2.43. The van der Waals surface area contributed by atoms with E-state index in [0.29, 0.717) is 45.3 Å². The van der Waals surface area contributed by atoms with Crippen LogP contribution in [0.2, 0.25) is 0 Å². The summed E-state index contributed by atoms with van der Waals surface area (Å²) in [6.45, 7) is 0. The summed E-state index contributed by atoms with van der Waals surface area (Å²) in [5.41, 5.74) is 3.69. The molecule has 8 rings (SSSR count). The maximum absolute atomic E-state index is 12.3. The summed E-state index contributed by atoms with van der Waals surface area (Å²) >= 11 is 0. The van der Waals surface area contributed by atoms with Crippen molar-refractivity contribution in [1.29, 1.82) is 0 Å². The van der Waals surface area contributed by atoms with E-state index >= 15 is 0 Å². The molecule has 0 aliphatic carbocycles. The van der Waals surface area contributed by atoms with Crippen molar-refractivity contribution >= 4 is 0 Å². The largest absolute Gasteiger partial charge is 0.457 e. The van der Waals surface area contributed by atoms with E-state index in [0.717, 1.165) is 22.3 Å². The highest BCUT2D eigenvalue weighted by molar-refractivity contribution is 5.68. The molecule has 0 fully saturated rings. The predicted molar refractivity (Wildman–Crippen MR) is 162 cm³/mol. The molecule has 202 valence electrons. The van der Waals surface area contributed by atoms with Gasteiger partial charge < -0.3 is 19.7 Å². The Labute approximate surface area is 243 Å². The topological polar surface area (TPSA) is 58.9 Å². The molecule has 0 unspecified atom stereocenters. The minimum absolute atomic E-state index is 0.646. The molecule has 4 heteroatoms. The number of fused-ring (bicyclic) bond motifs is 4. The molecule has 4 nitrogen and oxygen atoms in total. The Morgan fingerprint density at radius 2 is 0.595 bits per heavy atom. The zero-order chi connectivity index (χ0) is 28.3. The molecule has 6 aromatic carbocycles. The van der Waals surface area contributed by atoms with Crippen molar-refractivity contribution in [2.24, 2.45) is 0 Å². The van der Waals surface area contributed by atoms with E-state index in [4.69, 9.17) is 9.47 Å². The monoisotopic (exact) mass is 546 g/mol. The highest BCUT2D eigenvalue weighted by Crippen LogP contribution is 2.51. The Hall–Kier alpha value is -5.16. The third-order valence-corrected chi connectivity index (χ3v) is 8.49. The second-order valence-corrected chi connectivity index (χ2v) is 10.8. The second-order valence-electron chi connectivity index (χ2n) is 10.8. The number of para-hydroxylation sites is 4. The van der Waals surface area contributed by atoms with E-state index in [1.165, 1.54) is 0 Å². The van der Waals surface area contributed by atoms with Gasteiger partial charge in [-0.15, -0.1) is 0 Å². The van der Waals surface area contributed by atoms with E-state index in [9.17, 15) is 10.2 Å². The Balaban J connectivity index is 1.17. The van der Waals surface area contributed by atoms with Crippen LogP contribution in [-0.4, -0.2) is 10.2 Å². The summed E-state index contributed by atoms with van der Waals surface area (Å²) in [6, 6.07) is 46.5. The van der Waals surface area contributed by atoms with Crippen molar-refractivity contribution < 1.29 is 19.7 Å². The normalized spacial score (nSPS) is 15.2. The average Bonchev–Trinajstić information content (AvgIpc) is 3.05. The molecule has 0 aromatic heterocycles. The molecule has 2 heterocycles. The summed E-state index contributed by atoms with van der Waals surface area (Å²) < 4.78 is 12.2. The first-order valence-electron chi connectivity index (χ1n) is 14.0. The van der Waals surface area contributed by atoms with E-state index in [1.54, 1.807) is 0 Å². The molecule has 0 atom stereocenters. The third-order valence-electron chi connectivity index (χ3n) is 8.49. The Bertz CT molecular complexity index is 1720. The average molecular weight is 547 g/mol. The van der Waals surface area contributed by atoms with Crippen LogP contribution in [0.25, 0.3) is 11.1 Å². The van der Waals surface area contributed by atoms with E-state index in [2.05, 4.69) is 0 Å². The van der Waals surface area contributed by atoms with Crippen LogP contribution in [0.5, 0.6) is 23.0 Å². The van der Waals surface area contributed by atoms with E-state index < -0.39 is 11.2 Å². The zero-order valence-corrected chi connectivity index (χ0v) is 22.6. The van der Waals surface area contributed by atoms with Crippen molar-refractivity contribution in [3.8, 4) is 34.1 Å². The Morgan fingerprint density at radius 3 is 0.881 bits per heavy atom. The van der Waals surface area contributed by atoms with Gasteiger partial charge in [0.2, 0.25) is 0 Å². The predicted octanol–water partition coefficient (Wildman–Crippen LogP) is 8.13. The smallest absolute Gasteiger partial charge is 0.147 e. The number of hydrogen-bond acceptors (Lipinski definition) is 4. The summed E-state index contributed by atoms with van der Waals surface area (Å²) in [4.78, 5) is 0. The van der Waals surface area contributed by atoms with Gasteiger partial charge in [-0.05, 0) is 46.5 Å². The second kappa shape index (κ2) is 9.18. The molecule has 0 amide bonds. The molecule has 2 aliphatic heterocycles. The zero-order valence-electron chi connectivity index (χ0n) is 22.6. The molecular weight excluding hydrogens is 520 g/mol. The van der Waals surface area contributed by atoms with Gasteiger partial charge in [-0.1, -0.05) is 121 Å². The molecular formula is C38H26O4. The summed E-state index contributed by atoms with van der Waals surface area (Å²) in [6.07, 6.45) is 0. The fourth-order valence-corrected chi connectivity index (χ4v) is 6.38. The first-order valence-corrected chi connectivity index (χ1v) is 14.0. The van der Waals surface area contributed by atoms with Crippen molar-refractivity contribution in [3.05, 3.63) is 179 Å². The van der Waals surface area contributed by atoms with Crippen molar-refractivity contribution in [2.45, 2.75) is 11.2 Å². The molecule has 0 bridgehead atoms. The van der Waals surface area contributed by atoms with Crippen molar-refractivity contribution in [1.82, 2.24) is 0 Å². The lowest BCUT2D eigenvalue weighted by Crippen LogP contribution is -2.32.